The van der Waals surface area contributed by atoms with Gasteiger partial charge >= 0.3 is 5.97 Å². The van der Waals surface area contributed by atoms with Crippen LogP contribution in [0.15, 0.2) is 24.3 Å². The number of rotatable bonds is 5. The molecule has 17 heavy (non-hydrogen) atoms. The Balaban J connectivity index is 2.58. The fourth-order valence-corrected chi connectivity index (χ4v) is 1.91. The summed E-state index contributed by atoms with van der Waals surface area (Å²) in [5, 5.41) is 8.92. The number of aliphatic carboxylic acids is 1. The summed E-state index contributed by atoms with van der Waals surface area (Å²) in [5.74, 6) is -1.13. The van der Waals surface area contributed by atoms with E-state index in [1.54, 1.807) is 12.1 Å². The molecule has 0 aliphatic carbocycles. The number of hydrogen-bond donors (Lipinski definition) is 2. The second kappa shape index (κ2) is 5.27. The molecule has 0 aliphatic rings. The summed E-state index contributed by atoms with van der Waals surface area (Å²) in [6, 6.07) is 6.22. The molecule has 2 atom stereocenters. The van der Waals surface area contributed by atoms with Gasteiger partial charge in [-0.15, -0.1) is 0 Å². The molecule has 2 unspecified atom stereocenters. The minimum atomic E-state index is -1.21. The van der Waals surface area contributed by atoms with E-state index in [2.05, 4.69) is 0 Å². The topological polar surface area (TPSA) is 63.3 Å². The molecule has 94 valence electrons. The molecule has 1 aromatic rings. The van der Waals surface area contributed by atoms with Crippen molar-refractivity contribution in [2.24, 2.45) is 11.7 Å². The Kier molecular flexibility index (Phi) is 4.23. The van der Waals surface area contributed by atoms with Crippen molar-refractivity contribution in [1.29, 1.82) is 0 Å². The minimum Gasteiger partial charge on any atom is -0.480 e. The molecule has 4 heteroatoms. The van der Waals surface area contributed by atoms with Crippen LogP contribution in [0.4, 0.5) is 4.39 Å². The van der Waals surface area contributed by atoms with Gasteiger partial charge in [-0.25, -0.2) is 4.39 Å². The highest BCUT2D eigenvalue weighted by molar-refractivity contribution is 5.77. The number of carbonyl (C=O) groups is 1. The fraction of sp³-hybridized carbons (Fsp3) is 0.462. The van der Waals surface area contributed by atoms with Crippen molar-refractivity contribution >= 4 is 5.97 Å². The number of hydrogen-bond acceptors (Lipinski definition) is 2. The lowest BCUT2D eigenvalue weighted by molar-refractivity contribution is -0.143. The first-order valence-corrected chi connectivity index (χ1v) is 5.58. The molecule has 1 rings (SSSR count). The lowest BCUT2D eigenvalue weighted by Gasteiger charge is -2.23. The number of benzene rings is 1. The molecule has 3 N–H and O–H groups in total. The van der Waals surface area contributed by atoms with Crippen LogP contribution in [0.5, 0.6) is 0 Å². The van der Waals surface area contributed by atoms with Crippen LogP contribution in [-0.4, -0.2) is 16.6 Å². The zero-order valence-electron chi connectivity index (χ0n) is 10.1. The van der Waals surface area contributed by atoms with E-state index in [4.69, 9.17) is 10.8 Å². The summed E-state index contributed by atoms with van der Waals surface area (Å²) >= 11 is 0. The molecule has 0 saturated heterocycles. The van der Waals surface area contributed by atoms with Crippen LogP contribution < -0.4 is 5.73 Å². The molecule has 0 aromatic heterocycles. The Morgan fingerprint density at radius 2 is 2.00 bits per heavy atom. The van der Waals surface area contributed by atoms with Crippen molar-refractivity contribution < 1.29 is 14.3 Å². The van der Waals surface area contributed by atoms with Crippen LogP contribution in [0, 0.1) is 11.7 Å². The van der Waals surface area contributed by atoms with Crippen LogP contribution in [0.3, 0.4) is 0 Å². The summed E-state index contributed by atoms with van der Waals surface area (Å²) in [5.41, 5.74) is 5.46. The van der Waals surface area contributed by atoms with Crippen LogP contribution in [-0.2, 0) is 11.2 Å². The lowest BCUT2D eigenvalue weighted by Crippen LogP contribution is -2.46. The van der Waals surface area contributed by atoms with Gasteiger partial charge in [-0.05, 0) is 43.4 Å². The van der Waals surface area contributed by atoms with E-state index in [0.29, 0.717) is 12.8 Å². The van der Waals surface area contributed by atoms with E-state index in [1.165, 1.54) is 19.1 Å². The normalized spacial score (nSPS) is 16.2. The SMILES string of the molecule is CC(Cc1ccc(F)cc1)CC(C)(N)C(=O)O. The average Bonchev–Trinajstić information content (AvgIpc) is 2.20. The van der Waals surface area contributed by atoms with E-state index in [0.717, 1.165) is 5.56 Å². The molecular formula is C13H18FNO2. The molecule has 0 spiro atoms. The molecule has 3 nitrogen and oxygen atoms in total. The summed E-state index contributed by atoms with van der Waals surface area (Å²) in [6.07, 6.45) is 1.08. The molecule has 0 saturated carbocycles. The Morgan fingerprint density at radius 1 is 1.47 bits per heavy atom. The first kappa shape index (κ1) is 13.6. The molecule has 0 bridgehead atoms. The van der Waals surface area contributed by atoms with Crippen LogP contribution in [0.1, 0.15) is 25.8 Å². The Morgan fingerprint density at radius 3 is 2.47 bits per heavy atom. The fourth-order valence-electron chi connectivity index (χ4n) is 1.91. The standard InChI is InChI=1S/C13H18FNO2/c1-9(8-13(2,15)12(16)17)7-10-3-5-11(14)6-4-10/h3-6,9H,7-8,15H2,1-2H3,(H,16,17). The molecule has 0 fully saturated rings. The third-order valence-corrected chi connectivity index (χ3v) is 2.76. The van der Waals surface area contributed by atoms with E-state index in [-0.39, 0.29) is 11.7 Å². The van der Waals surface area contributed by atoms with Gasteiger partial charge in [0.15, 0.2) is 0 Å². The second-order valence-electron chi connectivity index (χ2n) is 4.86. The highest BCUT2D eigenvalue weighted by Gasteiger charge is 2.29. The van der Waals surface area contributed by atoms with Crippen LogP contribution in [0.25, 0.3) is 0 Å². The van der Waals surface area contributed by atoms with E-state index < -0.39 is 11.5 Å². The second-order valence-corrected chi connectivity index (χ2v) is 4.86. The molecule has 0 radical (unpaired) electrons. The Hall–Kier alpha value is -1.42. The smallest absolute Gasteiger partial charge is 0.323 e. The van der Waals surface area contributed by atoms with Gasteiger partial charge in [0.1, 0.15) is 11.4 Å². The predicted octanol–water partition coefficient (Wildman–Crippen LogP) is 2.20. The van der Waals surface area contributed by atoms with Gasteiger partial charge in [0.2, 0.25) is 0 Å². The molecule has 0 aliphatic heterocycles. The number of carboxylic acids is 1. The third kappa shape index (κ3) is 4.15. The summed E-state index contributed by atoms with van der Waals surface area (Å²) in [6.45, 7) is 3.45. The van der Waals surface area contributed by atoms with Crippen LogP contribution in [0.2, 0.25) is 0 Å². The Labute approximate surface area is 100 Å². The number of carboxylic acid groups (broad SMARTS) is 1. The third-order valence-electron chi connectivity index (χ3n) is 2.76. The molecule has 1 aromatic carbocycles. The van der Waals surface area contributed by atoms with Gasteiger partial charge in [-0.3, -0.25) is 4.79 Å². The van der Waals surface area contributed by atoms with Crippen molar-refractivity contribution in [1.82, 2.24) is 0 Å². The predicted molar refractivity (Wildman–Crippen MR) is 64.1 cm³/mol. The maximum atomic E-state index is 12.7. The van der Waals surface area contributed by atoms with E-state index >= 15 is 0 Å². The zero-order valence-corrected chi connectivity index (χ0v) is 10.1. The number of halogens is 1. The van der Waals surface area contributed by atoms with Gasteiger partial charge in [-0.2, -0.15) is 0 Å². The van der Waals surface area contributed by atoms with Gasteiger partial charge in [0.25, 0.3) is 0 Å². The number of nitrogens with two attached hydrogens (primary N) is 1. The van der Waals surface area contributed by atoms with Crippen LogP contribution >= 0.6 is 0 Å². The quantitative estimate of drug-likeness (QED) is 0.828. The largest absolute Gasteiger partial charge is 0.480 e. The van der Waals surface area contributed by atoms with Crippen molar-refractivity contribution in [3.05, 3.63) is 35.6 Å². The highest BCUT2D eigenvalue weighted by atomic mass is 19.1. The summed E-state index contributed by atoms with van der Waals surface area (Å²) < 4.78 is 12.7. The average molecular weight is 239 g/mol. The zero-order chi connectivity index (χ0) is 13.1. The van der Waals surface area contributed by atoms with Crippen molar-refractivity contribution in [3.63, 3.8) is 0 Å². The van der Waals surface area contributed by atoms with E-state index in [9.17, 15) is 9.18 Å². The molecule has 0 amide bonds. The Bertz CT molecular complexity index is 387. The first-order chi connectivity index (χ1) is 7.81. The molecule has 0 heterocycles. The highest BCUT2D eigenvalue weighted by Crippen LogP contribution is 2.19. The van der Waals surface area contributed by atoms with Gasteiger partial charge in [0, 0.05) is 0 Å². The van der Waals surface area contributed by atoms with E-state index in [1.807, 2.05) is 6.92 Å². The summed E-state index contributed by atoms with van der Waals surface area (Å²) in [7, 11) is 0. The first-order valence-electron chi connectivity index (χ1n) is 5.58. The van der Waals surface area contributed by atoms with Gasteiger partial charge in [0.05, 0.1) is 0 Å². The van der Waals surface area contributed by atoms with Gasteiger partial charge < -0.3 is 10.8 Å². The van der Waals surface area contributed by atoms with Crippen molar-refractivity contribution in [3.8, 4) is 0 Å². The molecular weight excluding hydrogens is 221 g/mol. The van der Waals surface area contributed by atoms with Gasteiger partial charge in [-0.1, -0.05) is 19.1 Å². The summed E-state index contributed by atoms with van der Waals surface area (Å²) in [4.78, 5) is 10.9. The minimum absolute atomic E-state index is 0.131. The lowest BCUT2D eigenvalue weighted by atomic mass is 9.87. The van der Waals surface area contributed by atoms with Crippen molar-refractivity contribution in [2.75, 3.05) is 0 Å². The maximum absolute atomic E-state index is 12.7. The van der Waals surface area contributed by atoms with Crippen molar-refractivity contribution in [2.45, 2.75) is 32.2 Å². The monoisotopic (exact) mass is 239 g/mol. The maximum Gasteiger partial charge on any atom is 0.323 e.